The SMILES string of the molecule is O=C(O)CC1CCCc2sc(=S)[nH]c21. The number of carboxylic acid groups (broad SMARTS) is 1. The van der Waals surface area contributed by atoms with Gasteiger partial charge in [-0.25, -0.2) is 0 Å². The number of carbonyl (C=O) groups is 1. The highest BCUT2D eigenvalue weighted by Crippen LogP contribution is 2.35. The van der Waals surface area contributed by atoms with Gasteiger partial charge in [0.15, 0.2) is 3.95 Å². The molecule has 0 radical (unpaired) electrons. The molecule has 5 heteroatoms. The maximum absolute atomic E-state index is 10.6. The third-order valence-corrected chi connectivity index (χ3v) is 3.85. The number of aromatic amines is 1. The summed E-state index contributed by atoms with van der Waals surface area (Å²) >= 11 is 6.65. The zero-order chi connectivity index (χ0) is 10.1. The van der Waals surface area contributed by atoms with Gasteiger partial charge in [0.05, 0.1) is 6.42 Å². The number of aromatic nitrogens is 1. The zero-order valence-electron chi connectivity index (χ0n) is 7.58. The predicted octanol–water partition coefficient (Wildman–Crippen LogP) is 2.70. The molecule has 0 spiro atoms. The molecule has 14 heavy (non-hydrogen) atoms. The Morgan fingerprint density at radius 1 is 1.71 bits per heavy atom. The van der Waals surface area contributed by atoms with Crippen molar-refractivity contribution in [1.29, 1.82) is 0 Å². The van der Waals surface area contributed by atoms with Crippen molar-refractivity contribution in [1.82, 2.24) is 4.98 Å². The minimum absolute atomic E-state index is 0.143. The monoisotopic (exact) mass is 229 g/mol. The van der Waals surface area contributed by atoms with Gasteiger partial charge in [0.2, 0.25) is 0 Å². The van der Waals surface area contributed by atoms with Crippen LogP contribution in [0, 0.1) is 3.95 Å². The molecule has 1 atom stereocenters. The molecule has 0 saturated heterocycles. The molecule has 0 aliphatic heterocycles. The molecular weight excluding hydrogens is 218 g/mol. The summed E-state index contributed by atoms with van der Waals surface area (Å²) in [6.07, 6.45) is 3.30. The lowest BCUT2D eigenvalue weighted by molar-refractivity contribution is -0.137. The number of aliphatic carboxylic acids is 1. The van der Waals surface area contributed by atoms with Gasteiger partial charge in [-0.15, -0.1) is 11.3 Å². The summed E-state index contributed by atoms with van der Waals surface area (Å²) in [7, 11) is 0. The minimum atomic E-state index is -0.728. The van der Waals surface area contributed by atoms with Crippen LogP contribution in [-0.4, -0.2) is 16.1 Å². The molecule has 2 N–H and O–H groups in total. The topological polar surface area (TPSA) is 53.1 Å². The summed E-state index contributed by atoms with van der Waals surface area (Å²) in [6.45, 7) is 0. The maximum atomic E-state index is 10.6. The van der Waals surface area contributed by atoms with Crippen LogP contribution in [0.15, 0.2) is 0 Å². The Bertz CT molecular complexity index is 407. The Hall–Kier alpha value is -0.680. The Balaban J connectivity index is 2.30. The molecule has 1 unspecified atom stereocenters. The van der Waals surface area contributed by atoms with Gasteiger partial charge >= 0.3 is 5.97 Å². The van der Waals surface area contributed by atoms with E-state index in [4.69, 9.17) is 17.3 Å². The Kier molecular flexibility index (Phi) is 2.69. The number of nitrogens with one attached hydrogen (secondary N) is 1. The highest BCUT2D eigenvalue weighted by atomic mass is 32.1. The molecule has 76 valence electrons. The summed E-state index contributed by atoms with van der Waals surface area (Å²) in [4.78, 5) is 15.0. The molecule has 3 nitrogen and oxygen atoms in total. The van der Waals surface area contributed by atoms with Crippen LogP contribution in [0.25, 0.3) is 0 Å². The quantitative estimate of drug-likeness (QED) is 0.767. The first-order chi connectivity index (χ1) is 6.66. The van der Waals surface area contributed by atoms with Crippen LogP contribution >= 0.6 is 23.6 Å². The Labute approximate surface area is 90.8 Å². The van der Waals surface area contributed by atoms with Crippen molar-refractivity contribution in [3.63, 3.8) is 0 Å². The third-order valence-electron chi connectivity index (χ3n) is 2.54. The summed E-state index contributed by atoms with van der Waals surface area (Å²) in [6, 6.07) is 0. The first-order valence-electron chi connectivity index (χ1n) is 4.60. The van der Waals surface area contributed by atoms with Gasteiger partial charge in [-0.1, -0.05) is 0 Å². The normalized spacial score (nSPS) is 20.4. The highest BCUT2D eigenvalue weighted by molar-refractivity contribution is 7.73. The molecule has 1 aliphatic carbocycles. The average molecular weight is 229 g/mol. The number of carboxylic acids is 1. The minimum Gasteiger partial charge on any atom is -0.481 e. The van der Waals surface area contributed by atoms with Crippen LogP contribution in [-0.2, 0) is 11.2 Å². The van der Waals surface area contributed by atoms with Crippen LogP contribution in [0.3, 0.4) is 0 Å². The summed E-state index contributed by atoms with van der Waals surface area (Å²) in [5, 5.41) is 8.76. The number of thiazole rings is 1. The lowest BCUT2D eigenvalue weighted by Crippen LogP contribution is -2.12. The van der Waals surface area contributed by atoms with Crippen LogP contribution in [0.1, 0.15) is 35.8 Å². The number of hydrogen-bond donors (Lipinski definition) is 2. The molecule has 2 rings (SSSR count). The molecule has 1 aromatic rings. The first kappa shape index (κ1) is 9.86. The van der Waals surface area contributed by atoms with Crippen LogP contribution < -0.4 is 0 Å². The standard InChI is InChI=1S/C9H11NO2S2/c11-7(12)4-5-2-1-3-6-8(5)10-9(13)14-6/h5H,1-4H2,(H,10,13)(H,11,12). The Morgan fingerprint density at radius 2 is 2.50 bits per heavy atom. The molecule has 0 fully saturated rings. The molecule has 0 saturated carbocycles. The molecule has 1 aromatic heterocycles. The smallest absolute Gasteiger partial charge is 0.304 e. The summed E-state index contributed by atoms with van der Waals surface area (Å²) in [5.74, 6) is -0.586. The van der Waals surface area contributed by atoms with E-state index in [0.29, 0.717) is 0 Å². The molecular formula is C9H11NO2S2. The van der Waals surface area contributed by atoms with Gasteiger partial charge in [0.25, 0.3) is 0 Å². The largest absolute Gasteiger partial charge is 0.481 e. The second-order valence-electron chi connectivity index (χ2n) is 3.54. The molecule has 0 amide bonds. The van der Waals surface area contributed by atoms with Crippen molar-refractivity contribution in [3.05, 3.63) is 14.5 Å². The Morgan fingerprint density at radius 3 is 3.21 bits per heavy atom. The fourth-order valence-corrected chi connectivity index (χ4v) is 3.33. The van der Waals surface area contributed by atoms with Crippen molar-refractivity contribution in [2.75, 3.05) is 0 Å². The lowest BCUT2D eigenvalue weighted by atomic mass is 9.89. The predicted molar refractivity (Wildman–Crippen MR) is 57.4 cm³/mol. The van der Waals surface area contributed by atoms with Crippen molar-refractivity contribution in [2.45, 2.75) is 31.6 Å². The fraction of sp³-hybridized carbons (Fsp3) is 0.556. The van der Waals surface area contributed by atoms with Gasteiger partial charge in [-0.05, 0) is 31.5 Å². The van der Waals surface area contributed by atoms with Crippen LogP contribution in [0.2, 0.25) is 0 Å². The van der Waals surface area contributed by atoms with Gasteiger partial charge in [-0.3, -0.25) is 4.79 Å². The average Bonchev–Trinajstić information content (AvgIpc) is 2.45. The number of hydrogen-bond acceptors (Lipinski definition) is 3. The van der Waals surface area contributed by atoms with E-state index in [0.717, 1.165) is 28.9 Å². The van der Waals surface area contributed by atoms with Gasteiger partial charge in [0, 0.05) is 16.5 Å². The van der Waals surface area contributed by atoms with E-state index in [1.807, 2.05) is 0 Å². The summed E-state index contributed by atoms with van der Waals surface area (Å²) in [5.41, 5.74) is 1.08. The zero-order valence-corrected chi connectivity index (χ0v) is 9.21. The molecule has 1 aliphatic rings. The fourth-order valence-electron chi connectivity index (χ4n) is 1.96. The number of H-pyrrole nitrogens is 1. The van der Waals surface area contributed by atoms with E-state index < -0.39 is 5.97 Å². The molecule has 1 heterocycles. The maximum Gasteiger partial charge on any atom is 0.304 e. The van der Waals surface area contributed by atoms with Crippen molar-refractivity contribution >= 4 is 29.5 Å². The van der Waals surface area contributed by atoms with Crippen LogP contribution in [0.4, 0.5) is 0 Å². The van der Waals surface area contributed by atoms with E-state index in [2.05, 4.69) is 4.98 Å². The van der Waals surface area contributed by atoms with E-state index in [1.54, 1.807) is 11.3 Å². The van der Waals surface area contributed by atoms with Crippen molar-refractivity contribution < 1.29 is 9.90 Å². The van der Waals surface area contributed by atoms with Crippen LogP contribution in [0.5, 0.6) is 0 Å². The van der Waals surface area contributed by atoms with Crippen molar-refractivity contribution in [2.24, 2.45) is 0 Å². The van der Waals surface area contributed by atoms with E-state index in [9.17, 15) is 4.79 Å². The lowest BCUT2D eigenvalue weighted by Gasteiger charge is -2.19. The van der Waals surface area contributed by atoms with Crippen molar-refractivity contribution in [3.8, 4) is 0 Å². The second kappa shape index (κ2) is 3.82. The number of aryl methyl sites for hydroxylation is 1. The second-order valence-corrected chi connectivity index (χ2v) is 5.31. The number of fused-ring (bicyclic) bond motifs is 1. The summed E-state index contributed by atoms with van der Waals surface area (Å²) < 4.78 is 0.771. The molecule has 0 bridgehead atoms. The van der Waals surface area contributed by atoms with E-state index >= 15 is 0 Å². The van der Waals surface area contributed by atoms with Gasteiger partial charge in [-0.2, -0.15) is 0 Å². The van der Waals surface area contributed by atoms with E-state index in [1.165, 1.54) is 4.88 Å². The number of rotatable bonds is 2. The van der Waals surface area contributed by atoms with Gasteiger partial charge in [0.1, 0.15) is 0 Å². The highest BCUT2D eigenvalue weighted by Gasteiger charge is 2.24. The van der Waals surface area contributed by atoms with E-state index in [-0.39, 0.29) is 12.3 Å². The van der Waals surface area contributed by atoms with Gasteiger partial charge < -0.3 is 10.1 Å². The first-order valence-corrected chi connectivity index (χ1v) is 5.83. The third kappa shape index (κ3) is 1.88. The molecule has 0 aromatic carbocycles.